The van der Waals surface area contributed by atoms with Crippen molar-refractivity contribution in [2.45, 2.75) is 11.4 Å². The summed E-state index contributed by atoms with van der Waals surface area (Å²) < 4.78 is 0. The number of nitroso groups, excluding NO2 is 1. The van der Waals surface area contributed by atoms with Crippen LogP contribution in [0.3, 0.4) is 0 Å². The number of nitrogens with zero attached hydrogens (tertiary/aromatic N) is 2. The van der Waals surface area contributed by atoms with Gasteiger partial charge in [-0.05, 0) is 11.3 Å². The van der Waals surface area contributed by atoms with Crippen LogP contribution in [0.2, 0.25) is 0 Å². The summed E-state index contributed by atoms with van der Waals surface area (Å²) in [6, 6.07) is -0.972. The van der Waals surface area contributed by atoms with E-state index in [-0.39, 0.29) is 11.0 Å². The van der Waals surface area contributed by atoms with Crippen molar-refractivity contribution in [3.05, 3.63) is 28.1 Å². The third kappa shape index (κ3) is 2.73. The number of β-lactam (4-membered cyclic amide) rings is 1. The third-order valence-electron chi connectivity index (χ3n) is 3.06. The van der Waals surface area contributed by atoms with E-state index in [4.69, 9.17) is 5.11 Å². The molecule has 0 spiro atoms. The largest absolute Gasteiger partial charge is 0.509 e. The Morgan fingerprint density at radius 1 is 1.50 bits per heavy atom. The average Bonchev–Trinajstić information content (AvgIpc) is 2.51. The summed E-state index contributed by atoms with van der Waals surface area (Å²) in [6.45, 7) is 0. The highest BCUT2D eigenvalue weighted by molar-refractivity contribution is 9.09. The van der Waals surface area contributed by atoms with Crippen molar-refractivity contribution in [3.8, 4) is 0 Å². The number of aliphatic hydroxyl groups is 1. The maximum atomic E-state index is 12.0. The number of carboxylic acids is 1. The number of nitrogens with one attached hydrogen (secondary N) is 1. The molecule has 0 saturated carbocycles. The summed E-state index contributed by atoms with van der Waals surface area (Å²) in [5, 5.41) is 22.4. The van der Waals surface area contributed by atoms with Crippen molar-refractivity contribution in [1.82, 2.24) is 10.2 Å². The number of carbonyl (C=O) groups excluding carboxylic acids is 2. The molecule has 2 heterocycles. The van der Waals surface area contributed by atoms with Gasteiger partial charge in [-0.3, -0.25) is 14.5 Å². The lowest BCUT2D eigenvalue weighted by molar-refractivity contribution is -0.150. The Morgan fingerprint density at radius 2 is 2.18 bits per heavy atom. The summed E-state index contributed by atoms with van der Waals surface area (Å²) in [4.78, 5) is 46.6. The van der Waals surface area contributed by atoms with Crippen LogP contribution in [0.1, 0.15) is 0 Å². The van der Waals surface area contributed by atoms with E-state index in [1.54, 1.807) is 0 Å². The highest BCUT2D eigenvalue weighted by Crippen LogP contribution is 2.37. The maximum absolute atomic E-state index is 12.0. The highest BCUT2D eigenvalue weighted by atomic mass is 79.9. The van der Waals surface area contributed by atoms with E-state index in [1.807, 2.05) is 0 Å². The minimum absolute atomic E-state index is 0.133. The van der Waals surface area contributed by atoms with Gasteiger partial charge >= 0.3 is 5.97 Å². The number of aliphatic hydroxyl groups excluding tert-OH is 1. The first kappa shape index (κ1) is 16.5. The second-order valence-corrected chi connectivity index (χ2v) is 6.01. The highest BCUT2D eigenvalue weighted by Gasteiger charge is 2.53. The number of rotatable bonds is 5. The summed E-state index contributed by atoms with van der Waals surface area (Å²) >= 11 is 4.15. The van der Waals surface area contributed by atoms with Gasteiger partial charge in [0.05, 0.1) is 5.33 Å². The fraction of sp³-hybridized carbons (Fsp3) is 0.364. The molecule has 1 fully saturated rings. The fourth-order valence-corrected chi connectivity index (χ4v) is 3.50. The molecule has 2 rings (SSSR count). The Bertz CT molecular complexity index is 619. The second-order valence-electron chi connectivity index (χ2n) is 4.30. The van der Waals surface area contributed by atoms with Crippen molar-refractivity contribution in [1.29, 1.82) is 0 Å². The van der Waals surface area contributed by atoms with E-state index < -0.39 is 40.7 Å². The molecule has 2 aliphatic rings. The SMILES string of the molecule is O=NC(C(=O)NC1C(=O)N2C(C(=O)O)=CCS[C@H]12)=C(O)CBr. The van der Waals surface area contributed by atoms with E-state index in [0.717, 1.165) is 4.90 Å². The van der Waals surface area contributed by atoms with Crippen LogP contribution in [-0.2, 0) is 14.4 Å². The quantitative estimate of drug-likeness (QED) is 0.201. The predicted octanol–water partition coefficient (Wildman–Crippen LogP) is 0.286. The number of fused-ring (bicyclic) bond motifs is 1. The zero-order valence-electron chi connectivity index (χ0n) is 10.9. The molecule has 0 aromatic heterocycles. The standard InChI is InChI=1S/C11H10BrN3O6S/c12-3-5(16)6(14-21)8(17)13-7-9(18)15-4(11(19)20)1-2-22-10(7)15/h1,7,10,16H,2-3H2,(H,13,17)(H,19,20)/t7?,10-/m1/s1. The van der Waals surface area contributed by atoms with Crippen LogP contribution in [0.5, 0.6) is 0 Å². The fourth-order valence-electron chi connectivity index (χ4n) is 2.04. The minimum atomic E-state index is -1.23. The van der Waals surface area contributed by atoms with Gasteiger partial charge in [0.25, 0.3) is 11.8 Å². The summed E-state index contributed by atoms with van der Waals surface area (Å²) in [7, 11) is 0. The van der Waals surface area contributed by atoms with E-state index >= 15 is 0 Å². The van der Waals surface area contributed by atoms with Crippen LogP contribution in [0.15, 0.2) is 28.4 Å². The molecule has 9 nitrogen and oxygen atoms in total. The maximum Gasteiger partial charge on any atom is 0.352 e. The second kappa shape index (κ2) is 6.48. The zero-order chi connectivity index (χ0) is 16.4. The zero-order valence-corrected chi connectivity index (χ0v) is 13.3. The van der Waals surface area contributed by atoms with Gasteiger partial charge in [0.2, 0.25) is 5.70 Å². The molecule has 22 heavy (non-hydrogen) atoms. The summed E-state index contributed by atoms with van der Waals surface area (Å²) in [5.41, 5.74) is -0.857. The molecule has 11 heteroatoms. The molecule has 0 radical (unpaired) electrons. The number of carbonyl (C=O) groups is 3. The molecule has 0 aliphatic carbocycles. The summed E-state index contributed by atoms with van der Waals surface area (Å²) in [5.74, 6) is -2.99. The Kier molecular flexibility index (Phi) is 4.86. The number of allylic oxidation sites excluding steroid dienone is 1. The molecule has 0 aromatic rings. The number of aliphatic carboxylic acids is 1. The van der Waals surface area contributed by atoms with Gasteiger partial charge in [-0.2, -0.15) is 0 Å². The first-order valence-electron chi connectivity index (χ1n) is 5.92. The molecule has 0 bridgehead atoms. The molecular formula is C11H10BrN3O6S. The van der Waals surface area contributed by atoms with Crippen LogP contribution in [0.4, 0.5) is 0 Å². The van der Waals surface area contributed by atoms with Gasteiger partial charge in [-0.25, -0.2) is 4.79 Å². The molecule has 118 valence electrons. The van der Waals surface area contributed by atoms with Crippen molar-refractivity contribution >= 4 is 45.5 Å². The first-order chi connectivity index (χ1) is 10.4. The lowest BCUT2D eigenvalue weighted by atomic mass is 10.0. The van der Waals surface area contributed by atoms with E-state index in [0.29, 0.717) is 5.75 Å². The van der Waals surface area contributed by atoms with Crippen molar-refractivity contribution in [2.75, 3.05) is 11.1 Å². The predicted molar refractivity (Wildman–Crippen MR) is 80.0 cm³/mol. The van der Waals surface area contributed by atoms with E-state index in [9.17, 15) is 24.4 Å². The molecule has 1 saturated heterocycles. The van der Waals surface area contributed by atoms with Crippen LogP contribution in [0, 0.1) is 4.91 Å². The Morgan fingerprint density at radius 3 is 2.73 bits per heavy atom. The van der Waals surface area contributed by atoms with Gasteiger partial charge < -0.3 is 15.5 Å². The van der Waals surface area contributed by atoms with Gasteiger partial charge in [0.15, 0.2) is 0 Å². The lowest BCUT2D eigenvalue weighted by Gasteiger charge is -2.48. The molecule has 0 aromatic carbocycles. The van der Waals surface area contributed by atoms with Crippen LogP contribution < -0.4 is 5.32 Å². The number of halogens is 1. The Hall–Kier alpha value is -1.88. The number of amides is 2. The van der Waals surface area contributed by atoms with Crippen LogP contribution in [0.25, 0.3) is 0 Å². The number of hydrogen-bond acceptors (Lipinski definition) is 7. The van der Waals surface area contributed by atoms with Gasteiger partial charge in [0, 0.05) is 5.75 Å². The molecule has 3 N–H and O–H groups in total. The number of alkyl halides is 1. The average molecular weight is 392 g/mol. The lowest BCUT2D eigenvalue weighted by Crippen LogP contribution is -2.70. The smallest absolute Gasteiger partial charge is 0.352 e. The van der Waals surface area contributed by atoms with E-state index in [1.165, 1.54) is 17.8 Å². The molecule has 2 amide bonds. The Labute approximate surface area is 136 Å². The topological polar surface area (TPSA) is 136 Å². The van der Waals surface area contributed by atoms with Gasteiger partial charge in [0.1, 0.15) is 22.9 Å². The number of thioether (sulfide) groups is 1. The first-order valence-corrected chi connectivity index (χ1v) is 8.09. The van der Waals surface area contributed by atoms with Gasteiger partial charge in [-0.1, -0.05) is 15.9 Å². The molecule has 2 aliphatic heterocycles. The van der Waals surface area contributed by atoms with Crippen molar-refractivity contribution < 1.29 is 24.6 Å². The number of hydrogen-bond donors (Lipinski definition) is 3. The van der Waals surface area contributed by atoms with Crippen molar-refractivity contribution in [3.63, 3.8) is 0 Å². The van der Waals surface area contributed by atoms with E-state index in [2.05, 4.69) is 26.4 Å². The molecular weight excluding hydrogens is 382 g/mol. The van der Waals surface area contributed by atoms with Crippen LogP contribution >= 0.6 is 27.7 Å². The Balaban J connectivity index is 2.13. The van der Waals surface area contributed by atoms with Gasteiger partial charge in [-0.15, -0.1) is 16.7 Å². The molecule has 2 atom stereocenters. The number of carboxylic acid groups (broad SMARTS) is 1. The monoisotopic (exact) mass is 391 g/mol. The van der Waals surface area contributed by atoms with Crippen LogP contribution in [-0.4, -0.2) is 55.4 Å². The normalized spacial score (nSPS) is 24.5. The molecule has 1 unspecified atom stereocenters. The third-order valence-corrected chi connectivity index (χ3v) is 4.77. The van der Waals surface area contributed by atoms with Crippen molar-refractivity contribution in [2.24, 2.45) is 5.18 Å². The summed E-state index contributed by atoms with van der Waals surface area (Å²) in [6.07, 6.45) is 1.41. The minimum Gasteiger partial charge on any atom is -0.509 e.